The highest BCUT2D eigenvalue weighted by atomic mass is 35.5. The molecule has 4 rings (SSSR count). The van der Waals surface area contributed by atoms with Crippen LogP contribution in [0, 0.1) is 5.82 Å². The number of aromatic nitrogens is 1. The van der Waals surface area contributed by atoms with Gasteiger partial charge in [0.05, 0.1) is 22.9 Å². The Morgan fingerprint density at radius 1 is 1.42 bits per heavy atom. The largest absolute Gasteiger partial charge is 0.507 e. The zero-order valence-corrected chi connectivity index (χ0v) is 15.0. The number of rotatable bonds is 1. The molecule has 2 aromatic rings. The normalized spacial score (nSPS) is 20.0. The lowest BCUT2D eigenvalue weighted by molar-refractivity contribution is 0.120. The summed E-state index contributed by atoms with van der Waals surface area (Å²) < 4.78 is 21.6. The second-order valence-electron chi connectivity index (χ2n) is 6.61. The molecule has 2 N–H and O–H groups in total. The van der Waals surface area contributed by atoms with E-state index in [2.05, 4.69) is 10.2 Å². The van der Waals surface area contributed by atoms with Crippen molar-refractivity contribution in [1.29, 1.82) is 0 Å². The average Bonchev–Trinajstić information content (AvgIpc) is 2.82. The number of phenols is 1. The highest BCUT2D eigenvalue weighted by molar-refractivity contribution is 6.34. The molecule has 0 amide bonds. The minimum atomic E-state index is -0.655. The molecule has 0 spiro atoms. The summed E-state index contributed by atoms with van der Waals surface area (Å²) in [6, 6.07) is 4.11. The highest BCUT2D eigenvalue weighted by Gasteiger charge is 2.32. The zero-order chi connectivity index (χ0) is 18.4. The van der Waals surface area contributed by atoms with Crippen LogP contribution in [-0.2, 0) is 13.6 Å². The molecular weight excluding hydrogens is 361 g/mol. The topological polar surface area (TPSA) is 66.7 Å². The van der Waals surface area contributed by atoms with Crippen molar-refractivity contribution in [2.45, 2.75) is 12.6 Å². The van der Waals surface area contributed by atoms with E-state index < -0.39 is 5.82 Å². The Balaban J connectivity index is 1.92. The Morgan fingerprint density at radius 2 is 2.23 bits per heavy atom. The van der Waals surface area contributed by atoms with Crippen LogP contribution >= 0.6 is 11.6 Å². The predicted molar refractivity (Wildman–Crippen MR) is 96.3 cm³/mol. The van der Waals surface area contributed by atoms with E-state index >= 15 is 0 Å². The van der Waals surface area contributed by atoms with E-state index in [0.717, 1.165) is 19.6 Å². The van der Waals surface area contributed by atoms with Crippen LogP contribution in [0.5, 0.6) is 11.5 Å². The van der Waals surface area contributed by atoms with Crippen molar-refractivity contribution in [3.63, 3.8) is 0 Å². The van der Waals surface area contributed by atoms with Crippen molar-refractivity contribution in [3.8, 4) is 22.8 Å². The number of nitrogens with one attached hydrogen (secondary N) is 1. The van der Waals surface area contributed by atoms with Crippen LogP contribution in [0.1, 0.15) is 5.56 Å². The third-order valence-corrected chi connectivity index (χ3v) is 5.41. The number of fused-ring (bicyclic) bond motifs is 2. The van der Waals surface area contributed by atoms with Crippen LogP contribution in [0.25, 0.3) is 11.3 Å². The van der Waals surface area contributed by atoms with E-state index in [1.165, 1.54) is 29.8 Å². The number of ether oxygens (including phenoxy) is 1. The molecule has 0 unspecified atom stereocenters. The maximum absolute atomic E-state index is 14.4. The van der Waals surface area contributed by atoms with Crippen molar-refractivity contribution in [3.05, 3.63) is 45.0 Å². The molecule has 3 heterocycles. The lowest BCUT2D eigenvalue weighted by atomic mass is 10.1. The van der Waals surface area contributed by atoms with Crippen LogP contribution in [0.4, 0.5) is 4.39 Å². The number of aromatic hydroxyl groups is 1. The molecular formula is C18H19ClFN3O3. The molecule has 0 radical (unpaired) electrons. The van der Waals surface area contributed by atoms with Crippen molar-refractivity contribution >= 4 is 11.6 Å². The molecule has 0 bridgehead atoms. The standard InChI is InChI=1S/C18H19ClFN3O3/c1-22-16(14-12(20)3-2-4-13(14)24)15(19)17-11(18(22)25)8-23-6-5-21-7-10(23)9-26-17/h2-4,10,21,24H,5-9H2,1H3/t10-/m1/s1. The summed E-state index contributed by atoms with van der Waals surface area (Å²) >= 11 is 6.56. The molecule has 0 saturated carbocycles. The summed E-state index contributed by atoms with van der Waals surface area (Å²) in [5.74, 6) is -0.656. The molecule has 1 saturated heterocycles. The van der Waals surface area contributed by atoms with Crippen LogP contribution in [-0.4, -0.2) is 46.9 Å². The summed E-state index contributed by atoms with van der Waals surface area (Å²) in [5.41, 5.74) is 0.166. The first-order valence-electron chi connectivity index (χ1n) is 8.45. The average molecular weight is 380 g/mol. The zero-order valence-electron chi connectivity index (χ0n) is 14.3. The molecule has 1 aromatic heterocycles. The van der Waals surface area contributed by atoms with Gasteiger partial charge in [-0.05, 0) is 12.1 Å². The van der Waals surface area contributed by atoms with Gasteiger partial charge >= 0.3 is 0 Å². The van der Waals surface area contributed by atoms with E-state index in [1.54, 1.807) is 0 Å². The number of pyridine rings is 1. The first-order valence-corrected chi connectivity index (χ1v) is 8.83. The Kier molecular flexibility index (Phi) is 4.38. The van der Waals surface area contributed by atoms with Gasteiger partial charge in [0.15, 0.2) is 0 Å². The van der Waals surface area contributed by atoms with E-state index in [9.17, 15) is 14.3 Å². The number of hydrogen-bond acceptors (Lipinski definition) is 5. The van der Waals surface area contributed by atoms with Gasteiger partial charge in [0.2, 0.25) is 0 Å². The van der Waals surface area contributed by atoms with Crippen molar-refractivity contribution in [1.82, 2.24) is 14.8 Å². The minimum absolute atomic E-state index is 0.105. The van der Waals surface area contributed by atoms with Crippen LogP contribution < -0.4 is 15.6 Å². The van der Waals surface area contributed by atoms with Crippen molar-refractivity contribution < 1.29 is 14.2 Å². The summed E-state index contributed by atoms with van der Waals surface area (Å²) in [7, 11) is 1.52. The van der Waals surface area contributed by atoms with E-state index in [-0.39, 0.29) is 39.4 Å². The first-order chi connectivity index (χ1) is 12.5. The number of hydrogen-bond donors (Lipinski definition) is 2. The van der Waals surface area contributed by atoms with Gasteiger partial charge in [-0.3, -0.25) is 9.69 Å². The number of piperazine rings is 1. The summed E-state index contributed by atoms with van der Waals surface area (Å²) in [6.45, 7) is 3.24. The lowest BCUT2D eigenvalue weighted by Gasteiger charge is -2.33. The quantitative estimate of drug-likeness (QED) is 0.789. The summed E-state index contributed by atoms with van der Waals surface area (Å²) in [6.07, 6.45) is 0. The maximum Gasteiger partial charge on any atom is 0.259 e. The maximum atomic E-state index is 14.4. The lowest BCUT2D eigenvalue weighted by Crippen LogP contribution is -2.52. The minimum Gasteiger partial charge on any atom is -0.507 e. The number of phenolic OH excluding ortho intramolecular Hbond substituents is 1. The molecule has 0 aliphatic carbocycles. The Bertz CT molecular complexity index is 911. The molecule has 138 valence electrons. The second-order valence-corrected chi connectivity index (χ2v) is 6.99. The van der Waals surface area contributed by atoms with E-state index in [1.807, 2.05) is 0 Å². The molecule has 1 aromatic carbocycles. The molecule has 2 aliphatic heterocycles. The van der Waals surface area contributed by atoms with Gasteiger partial charge in [0.25, 0.3) is 5.56 Å². The van der Waals surface area contributed by atoms with Crippen LogP contribution in [0.3, 0.4) is 0 Å². The van der Waals surface area contributed by atoms with E-state index in [0.29, 0.717) is 18.7 Å². The number of nitrogens with zero attached hydrogens (tertiary/aromatic N) is 2. The van der Waals surface area contributed by atoms with Crippen molar-refractivity contribution in [2.24, 2.45) is 7.05 Å². The fourth-order valence-corrected chi connectivity index (χ4v) is 4.05. The fraction of sp³-hybridized carbons (Fsp3) is 0.389. The third kappa shape index (κ3) is 2.67. The van der Waals surface area contributed by atoms with Gasteiger partial charge in [-0.1, -0.05) is 17.7 Å². The van der Waals surface area contributed by atoms with Crippen LogP contribution in [0.2, 0.25) is 5.02 Å². The second kappa shape index (κ2) is 6.57. The van der Waals surface area contributed by atoms with Gasteiger partial charge in [-0.25, -0.2) is 4.39 Å². The van der Waals surface area contributed by atoms with Gasteiger partial charge in [-0.2, -0.15) is 0 Å². The van der Waals surface area contributed by atoms with Crippen LogP contribution in [0.15, 0.2) is 23.0 Å². The molecule has 2 aliphatic rings. The fourth-order valence-electron chi connectivity index (χ4n) is 3.66. The Labute approximate surface area is 154 Å². The third-order valence-electron chi connectivity index (χ3n) is 5.06. The highest BCUT2D eigenvalue weighted by Crippen LogP contribution is 2.41. The van der Waals surface area contributed by atoms with Gasteiger partial charge in [0, 0.05) is 33.2 Å². The molecule has 1 atom stereocenters. The number of halogens is 2. The summed E-state index contributed by atoms with van der Waals surface area (Å²) in [4.78, 5) is 15.2. The predicted octanol–water partition coefficient (Wildman–Crippen LogP) is 1.72. The first kappa shape index (κ1) is 17.3. The van der Waals surface area contributed by atoms with Gasteiger partial charge in [0.1, 0.15) is 28.9 Å². The van der Waals surface area contributed by atoms with Gasteiger partial charge in [-0.15, -0.1) is 0 Å². The molecule has 8 heteroatoms. The molecule has 26 heavy (non-hydrogen) atoms. The van der Waals surface area contributed by atoms with Gasteiger partial charge < -0.3 is 19.7 Å². The summed E-state index contributed by atoms with van der Waals surface area (Å²) in [5, 5.41) is 13.6. The van der Waals surface area contributed by atoms with Crippen molar-refractivity contribution in [2.75, 3.05) is 26.2 Å². The SMILES string of the molecule is Cn1c(-c2c(O)cccc2F)c(Cl)c2c(c1=O)CN1CCNC[C@@H]1CO2. The molecule has 1 fully saturated rings. The molecule has 6 nitrogen and oxygen atoms in total. The smallest absolute Gasteiger partial charge is 0.259 e. The number of benzene rings is 1. The Morgan fingerprint density at radius 3 is 3.00 bits per heavy atom. The Hall–Kier alpha value is -2.09. The monoisotopic (exact) mass is 379 g/mol. The van der Waals surface area contributed by atoms with E-state index in [4.69, 9.17) is 16.3 Å².